The van der Waals surface area contributed by atoms with Crippen LogP contribution in [0.1, 0.15) is 37.8 Å². The van der Waals surface area contributed by atoms with Gasteiger partial charge in [0.1, 0.15) is 0 Å². The number of nitrogens with zero attached hydrogens (tertiary/aromatic N) is 5. The molecule has 0 radical (unpaired) electrons. The first-order chi connectivity index (χ1) is 38.0. The molecule has 2 aliphatic carbocycles. The molecule has 0 fully saturated rings. The minimum Gasteiger partial charge on any atom is -0.313 e. The Balaban J connectivity index is 1.04. The highest BCUT2D eigenvalue weighted by Gasteiger charge is 2.37. The van der Waals surface area contributed by atoms with Crippen LogP contribution in [-0.4, -0.2) is 24.1 Å². The van der Waals surface area contributed by atoms with Gasteiger partial charge in [0, 0.05) is 49.3 Å². The van der Waals surface area contributed by atoms with Gasteiger partial charge in [-0.25, -0.2) is 15.0 Å². The average Bonchev–Trinajstić information content (AvgIpc) is 4.33. The standard InChI is InChI=1S/C72H51N5/c1-72(2)59-35-17-15-30-54(59)66-58(34-19-36-60(66)72)71-74-69(48-26-11-5-12-27-48)73-70(75-71)57-43-41-50(47-24-9-4-10-25-47)45-65(57)77-63-39-21-33-53(68(63)56-42-40-49(44-64(56)77)46-22-7-3-8-23-46)52-32-20-38-62-67(52)55-31-16-18-37-61(55)76(62)51-28-13-6-14-29-51/h3-13,15-28,30-45H,14,29H2,1-2H3. The van der Waals surface area contributed by atoms with E-state index in [4.69, 9.17) is 15.0 Å². The van der Waals surface area contributed by atoms with Gasteiger partial charge in [0.05, 0.1) is 27.8 Å². The SMILES string of the molecule is CC1(C)c2ccccc2-c2c(-c3nc(-c4ccccc4)nc(-c4ccc(-c5ccccc5)cc4-n4c5cc(-c6ccccc6)ccc5c5c(-c6cccc7c6c6ccccc6n7C6=CC=CCC6)cccc54)n3)cccc21. The summed E-state index contributed by atoms with van der Waals surface area (Å²) >= 11 is 0. The van der Waals surface area contributed by atoms with Crippen molar-refractivity contribution in [2.75, 3.05) is 0 Å². The fourth-order valence-corrected chi connectivity index (χ4v) is 12.7. The number of rotatable bonds is 8. The summed E-state index contributed by atoms with van der Waals surface area (Å²) < 4.78 is 4.97. The minimum atomic E-state index is -0.193. The van der Waals surface area contributed by atoms with Crippen LogP contribution in [-0.2, 0) is 5.41 Å². The molecule has 3 aromatic heterocycles. The van der Waals surface area contributed by atoms with Gasteiger partial charge in [-0.2, -0.15) is 0 Å². The highest BCUT2D eigenvalue weighted by atomic mass is 15.1. The molecule has 0 atom stereocenters. The predicted molar refractivity (Wildman–Crippen MR) is 320 cm³/mol. The van der Waals surface area contributed by atoms with E-state index in [1.165, 1.54) is 66.3 Å². The predicted octanol–water partition coefficient (Wildman–Crippen LogP) is 18.6. The lowest BCUT2D eigenvalue weighted by atomic mass is 9.82. The number of benzene rings is 10. The van der Waals surface area contributed by atoms with E-state index in [2.05, 4.69) is 266 Å². The summed E-state index contributed by atoms with van der Waals surface area (Å²) in [6, 6.07) is 83.6. The van der Waals surface area contributed by atoms with Crippen molar-refractivity contribution >= 4 is 49.3 Å². The van der Waals surface area contributed by atoms with Gasteiger partial charge in [0.2, 0.25) is 0 Å². The fraction of sp³-hybridized carbons (Fsp3) is 0.0694. The number of aromatic nitrogens is 5. The first-order valence-corrected chi connectivity index (χ1v) is 26.7. The van der Waals surface area contributed by atoms with Crippen molar-refractivity contribution in [2.24, 2.45) is 0 Å². The Bertz CT molecular complexity index is 4580. The minimum absolute atomic E-state index is 0.193. The van der Waals surface area contributed by atoms with Gasteiger partial charge >= 0.3 is 0 Å². The van der Waals surface area contributed by atoms with Crippen molar-refractivity contribution in [2.45, 2.75) is 32.1 Å². The third-order valence-corrected chi connectivity index (χ3v) is 16.3. The molecule has 13 aromatic rings. The van der Waals surface area contributed by atoms with Gasteiger partial charge in [-0.05, 0) is 111 Å². The summed E-state index contributed by atoms with van der Waals surface area (Å²) in [4.78, 5) is 16.5. The van der Waals surface area contributed by atoms with Gasteiger partial charge < -0.3 is 9.13 Å². The number of hydrogen-bond acceptors (Lipinski definition) is 3. The molecule has 15 rings (SSSR count). The molecule has 3 heterocycles. The van der Waals surface area contributed by atoms with Crippen LogP contribution in [0.15, 0.2) is 249 Å². The van der Waals surface area contributed by atoms with Gasteiger partial charge in [-0.1, -0.05) is 220 Å². The van der Waals surface area contributed by atoms with E-state index in [1.807, 2.05) is 6.07 Å². The summed E-state index contributed by atoms with van der Waals surface area (Å²) in [5.74, 6) is 1.86. The lowest BCUT2D eigenvalue weighted by Gasteiger charge is -2.21. The Morgan fingerprint density at radius 2 is 0.909 bits per heavy atom. The molecular formula is C72H51N5. The third kappa shape index (κ3) is 7.11. The molecule has 0 aliphatic heterocycles. The molecule has 364 valence electrons. The maximum Gasteiger partial charge on any atom is 0.166 e. The molecule has 0 unspecified atom stereocenters. The van der Waals surface area contributed by atoms with Crippen LogP contribution >= 0.6 is 0 Å². The Hall–Kier alpha value is -9.71. The zero-order valence-corrected chi connectivity index (χ0v) is 42.8. The molecular weight excluding hydrogens is 935 g/mol. The molecule has 10 aromatic carbocycles. The first kappa shape index (κ1) is 44.7. The second kappa shape index (κ2) is 17.7. The van der Waals surface area contributed by atoms with E-state index in [1.54, 1.807) is 0 Å². The second-order valence-electron chi connectivity index (χ2n) is 21.0. The smallest absolute Gasteiger partial charge is 0.166 e. The van der Waals surface area contributed by atoms with Crippen molar-refractivity contribution in [1.29, 1.82) is 0 Å². The highest BCUT2D eigenvalue weighted by molar-refractivity contribution is 6.23. The van der Waals surface area contributed by atoms with Gasteiger partial charge in [-0.15, -0.1) is 0 Å². The Kier molecular flexibility index (Phi) is 10.3. The van der Waals surface area contributed by atoms with Crippen molar-refractivity contribution in [3.8, 4) is 84.4 Å². The number of fused-ring (bicyclic) bond motifs is 9. The number of hydrogen-bond donors (Lipinski definition) is 0. The van der Waals surface area contributed by atoms with E-state index >= 15 is 0 Å². The normalized spacial score (nSPS) is 13.6. The summed E-state index contributed by atoms with van der Waals surface area (Å²) in [7, 11) is 0. The number of allylic oxidation sites excluding steroid dienone is 4. The number of para-hydroxylation sites is 1. The van der Waals surface area contributed by atoms with E-state index < -0.39 is 0 Å². The zero-order valence-electron chi connectivity index (χ0n) is 42.8. The average molecular weight is 986 g/mol. The molecule has 2 aliphatic rings. The van der Waals surface area contributed by atoms with E-state index in [-0.39, 0.29) is 5.41 Å². The lowest BCUT2D eigenvalue weighted by molar-refractivity contribution is 0.660. The van der Waals surface area contributed by atoms with Crippen LogP contribution in [0.3, 0.4) is 0 Å². The van der Waals surface area contributed by atoms with Crippen LogP contribution < -0.4 is 0 Å². The van der Waals surface area contributed by atoms with Gasteiger partial charge in [0.15, 0.2) is 17.5 Å². The molecule has 0 amide bonds. The van der Waals surface area contributed by atoms with Gasteiger partial charge in [-0.3, -0.25) is 0 Å². The lowest BCUT2D eigenvalue weighted by Crippen LogP contribution is -2.14. The summed E-state index contributed by atoms with van der Waals surface area (Å²) in [6.45, 7) is 4.64. The van der Waals surface area contributed by atoms with Crippen LogP contribution in [0.5, 0.6) is 0 Å². The summed E-state index contributed by atoms with van der Waals surface area (Å²) in [5, 5.41) is 4.85. The third-order valence-electron chi connectivity index (χ3n) is 16.3. The van der Waals surface area contributed by atoms with Crippen LogP contribution in [0.2, 0.25) is 0 Å². The molecule has 5 nitrogen and oxygen atoms in total. The summed E-state index contributed by atoms with van der Waals surface area (Å²) in [5.41, 5.74) is 21.4. The van der Waals surface area contributed by atoms with Crippen molar-refractivity contribution in [1.82, 2.24) is 24.1 Å². The second-order valence-corrected chi connectivity index (χ2v) is 21.0. The van der Waals surface area contributed by atoms with Crippen molar-refractivity contribution in [3.05, 3.63) is 260 Å². The van der Waals surface area contributed by atoms with Crippen LogP contribution in [0, 0.1) is 0 Å². The molecule has 77 heavy (non-hydrogen) atoms. The molecule has 0 bridgehead atoms. The quantitative estimate of drug-likeness (QED) is 0.152. The Morgan fingerprint density at radius 1 is 0.377 bits per heavy atom. The van der Waals surface area contributed by atoms with Crippen molar-refractivity contribution < 1.29 is 0 Å². The molecule has 0 saturated heterocycles. The maximum absolute atomic E-state index is 5.62. The summed E-state index contributed by atoms with van der Waals surface area (Å²) in [6.07, 6.45) is 8.77. The molecule has 5 heteroatoms. The van der Waals surface area contributed by atoms with Gasteiger partial charge in [0.25, 0.3) is 0 Å². The zero-order chi connectivity index (χ0) is 51.2. The molecule has 0 spiro atoms. The molecule has 0 N–H and O–H groups in total. The van der Waals surface area contributed by atoms with Crippen LogP contribution in [0.25, 0.3) is 134 Å². The Labute approximate surface area is 447 Å². The van der Waals surface area contributed by atoms with E-state index in [0.717, 1.165) is 73.9 Å². The highest BCUT2D eigenvalue weighted by Crippen LogP contribution is 2.52. The van der Waals surface area contributed by atoms with E-state index in [0.29, 0.717) is 17.5 Å². The maximum atomic E-state index is 5.62. The van der Waals surface area contributed by atoms with Crippen molar-refractivity contribution in [3.63, 3.8) is 0 Å². The monoisotopic (exact) mass is 985 g/mol. The Morgan fingerprint density at radius 3 is 1.62 bits per heavy atom. The molecule has 0 saturated carbocycles. The topological polar surface area (TPSA) is 48.5 Å². The largest absolute Gasteiger partial charge is 0.313 e. The fourth-order valence-electron chi connectivity index (χ4n) is 12.7. The van der Waals surface area contributed by atoms with Crippen LogP contribution in [0.4, 0.5) is 0 Å². The van der Waals surface area contributed by atoms with E-state index in [9.17, 15) is 0 Å². The first-order valence-electron chi connectivity index (χ1n) is 26.7.